The van der Waals surface area contributed by atoms with Crippen LogP contribution in [0, 0.1) is 6.92 Å². The summed E-state index contributed by atoms with van der Waals surface area (Å²) in [5, 5.41) is 6.14. The molecule has 2 fully saturated rings. The van der Waals surface area contributed by atoms with Crippen LogP contribution >= 0.6 is 0 Å². The van der Waals surface area contributed by atoms with Crippen molar-refractivity contribution in [1.29, 1.82) is 0 Å². The minimum absolute atomic E-state index is 0.184. The highest BCUT2D eigenvalue weighted by Crippen LogP contribution is 2.29. The predicted octanol–water partition coefficient (Wildman–Crippen LogP) is 2.27. The average Bonchev–Trinajstić information content (AvgIpc) is 3.15. The van der Waals surface area contributed by atoms with E-state index < -0.39 is 0 Å². The fourth-order valence-electron chi connectivity index (χ4n) is 4.16. The smallest absolute Gasteiger partial charge is 0.159 e. The van der Waals surface area contributed by atoms with Crippen LogP contribution in [-0.2, 0) is 9.47 Å². The molecule has 2 aliphatic rings. The third kappa shape index (κ3) is 3.85. The van der Waals surface area contributed by atoms with Gasteiger partial charge in [-0.3, -0.25) is 9.88 Å². The number of fused-ring (bicyclic) bond motifs is 1. The number of hydrogen-bond donors (Lipinski definition) is 0. The van der Waals surface area contributed by atoms with E-state index in [9.17, 15) is 0 Å². The molecule has 5 rings (SSSR count). The zero-order chi connectivity index (χ0) is 19.6. The van der Waals surface area contributed by atoms with E-state index >= 15 is 0 Å². The third-order valence-corrected chi connectivity index (χ3v) is 5.75. The summed E-state index contributed by atoms with van der Waals surface area (Å²) in [4.78, 5) is 9.14. The summed E-state index contributed by atoms with van der Waals surface area (Å²) >= 11 is 0. The molecular formula is C22H27N5O2. The molecule has 1 aromatic carbocycles. The van der Waals surface area contributed by atoms with E-state index in [0.717, 1.165) is 75.0 Å². The van der Waals surface area contributed by atoms with Crippen LogP contribution in [0.15, 0.2) is 42.7 Å². The summed E-state index contributed by atoms with van der Waals surface area (Å²) < 4.78 is 13.5. The number of hydrogen-bond acceptors (Lipinski definition) is 6. The zero-order valence-corrected chi connectivity index (χ0v) is 16.8. The van der Waals surface area contributed by atoms with Gasteiger partial charge in [0.05, 0.1) is 43.3 Å². The Balaban J connectivity index is 1.42. The minimum Gasteiger partial charge on any atom is -0.379 e. The Morgan fingerprint density at radius 3 is 2.69 bits per heavy atom. The van der Waals surface area contributed by atoms with Gasteiger partial charge in [0.1, 0.15) is 0 Å². The van der Waals surface area contributed by atoms with Crippen LogP contribution in [0.5, 0.6) is 0 Å². The summed E-state index contributed by atoms with van der Waals surface area (Å²) in [6.07, 6.45) is 3.93. The van der Waals surface area contributed by atoms with Gasteiger partial charge in [0, 0.05) is 44.3 Å². The van der Waals surface area contributed by atoms with Crippen molar-refractivity contribution in [3.8, 4) is 5.69 Å². The van der Waals surface area contributed by atoms with Crippen molar-refractivity contribution in [2.75, 3.05) is 57.4 Å². The molecule has 29 heavy (non-hydrogen) atoms. The van der Waals surface area contributed by atoms with Crippen LogP contribution in [-0.4, -0.2) is 78.3 Å². The first-order valence-corrected chi connectivity index (χ1v) is 10.3. The number of pyridine rings is 1. The minimum atomic E-state index is 0.184. The molecule has 0 saturated carbocycles. The van der Waals surface area contributed by atoms with Gasteiger partial charge in [-0.1, -0.05) is 17.7 Å². The molecule has 3 aromatic rings. The summed E-state index contributed by atoms with van der Waals surface area (Å²) in [6.45, 7) is 9.05. The van der Waals surface area contributed by atoms with Crippen LogP contribution in [0.3, 0.4) is 0 Å². The molecule has 2 aromatic heterocycles. The van der Waals surface area contributed by atoms with Gasteiger partial charge in [0.2, 0.25) is 0 Å². The Morgan fingerprint density at radius 2 is 1.86 bits per heavy atom. The SMILES string of the molecule is Cc1ccc(-n2nc(N3CCOC(CN4CCOCC4)C3)c3ccncc32)cc1. The van der Waals surface area contributed by atoms with Crippen molar-refractivity contribution in [1.82, 2.24) is 19.7 Å². The van der Waals surface area contributed by atoms with E-state index in [1.54, 1.807) is 0 Å². The van der Waals surface area contributed by atoms with Gasteiger partial charge >= 0.3 is 0 Å². The summed E-state index contributed by atoms with van der Waals surface area (Å²) in [6, 6.07) is 10.5. The van der Waals surface area contributed by atoms with E-state index in [1.165, 1.54) is 5.56 Å². The lowest BCUT2D eigenvalue weighted by Gasteiger charge is -2.37. The van der Waals surface area contributed by atoms with Crippen LogP contribution < -0.4 is 4.90 Å². The van der Waals surface area contributed by atoms with Crippen molar-refractivity contribution >= 4 is 16.7 Å². The quantitative estimate of drug-likeness (QED) is 0.678. The molecule has 0 spiro atoms. The number of rotatable bonds is 4. The first-order valence-electron chi connectivity index (χ1n) is 10.3. The maximum Gasteiger partial charge on any atom is 0.159 e. The predicted molar refractivity (Wildman–Crippen MR) is 113 cm³/mol. The van der Waals surface area contributed by atoms with Crippen molar-refractivity contribution in [2.45, 2.75) is 13.0 Å². The average molecular weight is 393 g/mol. The molecule has 1 unspecified atom stereocenters. The number of nitrogens with zero attached hydrogens (tertiary/aromatic N) is 5. The molecule has 0 bridgehead atoms. The third-order valence-electron chi connectivity index (χ3n) is 5.75. The standard InChI is InChI=1S/C22H27N5O2/c1-17-2-4-18(5-3-17)27-21-14-23-7-6-20(21)22(24-27)26-10-13-29-19(16-26)15-25-8-11-28-12-9-25/h2-7,14,19H,8-13,15-16H2,1H3. The molecule has 1 atom stereocenters. The molecule has 7 heteroatoms. The highest BCUT2D eigenvalue weighted by atomic mass is 16.5. The van der Waals surface area contributed by atoms with E-state index in [1.807, 2.05) is 17.1 Å². The summed E-state index contributed by atoms with van der Waals surface area (Å²) in [5.41, 5.74) is 3.32. The number of anilines is 1. The Kier molecular flexibility index (Phi) is 5.18. The Bertz CT molecular complexity index is 965. The summed E-state index contributed by atoms with van der Waals surface area (Å²) in [7, 11) is 0. The lowest BCUT2D eigenvalue weighted by molar-refractivity contribution is -0.0172. The fraction of sp³-hybridized carbons (Fsp3) is 0.455. The van der Waals surface area contributed by atoms with Crippen LogP contribution in [0.25, 0.3) is 16.6 Å². The summed E-state index contributed by atoms with van der Waals surface area (Å²) in [5.74, 6) is 1.01. The molecule has 2 saturated heterocycles. The first kappa shape index (κ1) is 18.5. The van der Waals surface area contributed by atoms with Crippen molar-refractivity contribution in [3.05, 3.63) is 48.3 Å². The second kappa shape index (κ2) is 8.10. The maximum absolute atomic E-state index is 6.08. The molecule has 4 heterocycles. The fourth-order valence-corrected chi connectivity index (χ4v) is 4.16. The molecule has 0 amide bonds. The lowest BCUT2D eigenvalue weighted by atomic mass is 10.2. The second-order valence-electron chi connectivity index (χ2n) is 7.82. The molecule has 0 aliphatic carbocycles. The number of aryl methyl sites for hydroxylation is 1. The zero-order valence-electron chi connectivity index (χ0n) is 16.8. The molecule has 0 N–H and O–H groups in total. The van der Waals surface area contributed by atoms with E-state index in [2.05, 4.69) is 52.0 Å². The van der Waals surface area contributed by atoms with Crippen molar-refractivity contribution in [3.63, 3.8) is 0 Å². The van der Waals surface area contributed by atoms with E-state index in [-0.39, 0.29) is 6.10 Å². The molecule has 152 valence electrons. The van der Waals surface area contributed by atoms with Gasteiger partial charge in [-0.15, -0.1) is 5.10 Å². The molecule has 7 nitrogen and oxygen atoms in total. The highest BCUT2D eigenvalue weighted by molar-refractivity contribution is 5.91. The number of benzene rings is 1. The van der Waals surface area contributed by atoms with E-state index in [4.69, 9.17) is 14.6 Å². The van der Waals surface area contributed by atoms with Crippen LogP contribution in [0.1, 0.15) is 5.56 Å². The maximum atomic E-state index is 6.08. The molecular weight excluding hydrogens is 366 g/mol. The van der Waals surface area contributed by atoms with Gasteiger partial charge in [-0.2, -0.15) is 0 Å². The Hall–Kier alpha value is -2.48. The number of morpholine rings is 2. The van der Waals surface area contributed by atoms with Gasteiger partial charge in [0.15, 0.2) is 5.82 Å². The first-order chi connectivity index (χ1) is 14.3. The Morgan fingerprint density at radius 1 is 1.03 bits per heavy atom. The lowest BCUT2D eigenvalue weighted by Crippen LogP contribution is -2.50. The van der Waals surface area contributed by atoms with Gasteiger partial charge in [0.25, 0.3) is 0 Å². The number of aromatic nitrogens is 3. The number of ether oxygens (including phenoxy) is 2. The van der Waals surface area contributed by atoms with Crippen LogP contribution in [0.4, 0.5) is 5.82 Å². The molecule has 2 aliphatic heterocycles. The van der Waals surface area contributed by atoms with Crippen molar-refractivity contribution < 1.29 is 9.47 Å². The van der Waals surface area contributed by atoms with Crippen molar-refractivity contribution in [2.24, 2.45) is 0 Å². The molecule has 0 radical (unpaired) electrons. The van der Waals surface area contributed by atoms with Gasteiger partial charge < -0.3 is 14.4 Å². The Labute approximate surface area is 170 Å². The van der Waals surface area contributed by atoms with Gasteiger partial charge in [-0.25, -0.2) is 4.68 Å². The van der Waals surface area contributed by atoms with Crippen LogP contribution in [0.2, 0.25) is 0 Å². The normalized spacial score (nSPS) is 21.0. The van der Waals surface area contributed by atoms with E-state index in [0.29, 0.717) is 0 Å². The second-order valence-corrected chi connectivity index (χ2v) is 7.82. The van der Waals surface area contributed by atoms with Gasteiger partial charge in [-0.05, 0) is 25.1 Å². The highest BCUT2D eigenvalue weighted by Gasteiger charge is 2.27. The largest absolute Gasteiger partial charge is 0.379 e. The monoisotopic (exact) mass is 393 g/mol. The topological polar surface area (TPSA) is 55.7 Å².